The van der Waals surface area contributed by atoms with Crippen LogP contribution in [0.1, 0.15) is 45.4 Å². The summed E-state index contributed by atoms with van der Waals surface area (Å²) in [5.74, 6) is 3.10. The fraction of sp³-hybridized carbons (Fsp3) is 0.647. The molecule has 0 N–H and O–H groups in total. The highest BCUT2D eigenvalue weighted by Gasteiger charge is 2.24. The molecule has 0 aromatic carbocycles. The predicted molar refractivity (Wildman–Crippen MR) is 75.8 cm³/mol. The van der Waals surface area contributed by atoms with E-state index in [0.717, 1.165) is 17.8 Å². The minimum Gasteiger partial charge on any atom is -0.102 e. The zero-order valence-corrected chi connectivity index (χ0v) is 11.1. The fourth-order valence-corrected chi connectivity index (χ4v) is 3.28. The van der Waals surface area contributed by atoms with Crippen LogP contribution >= 0.6 is 0 Å². The minimum atomic E-state index is 0.631. The zero-order valence-electron chi connectivity index (χ0n) is 11.1. The summed E-state index contributed by atoms with van der Waals surface area (Å²) >= 11 is 0. The highest BCUT2D eigenvalue weighted by molar-refractivity contribution is 5.09. The molecule has 2 aliphatic carbocycles. The lowest BCUT2D eigenvalue weighted by Gasteiger charge is -2.30. The first kappa shape index (κ1) is 12.7. The summed E-state index contributed by atoms with van der Waals surface area (Å²) < 4.78 is 0. The van der Waals surface area contributed by atoms with Gasteiger partial charge in [-0.1, -0.05) is 43.7 Å². The molecule has 0 saturated heterocycles. The molecule has 0 heteroatoms. The molecule has 0 heterocycles. The van der Waals surface area contributed by atoms with Crippen molar-refractivity contribution in [1.82, 2.24) is 0 Å². The highest BCUT2D eigenvalue weighted by atomic mass is 14.3. The van der Waals surface area contributed by atoms with Gasteiger partial charge in [-0.15, -0.1) is 6.58 Å². The van der Waals surface area contributed by atoms with E-state index >= 15 is 0 Å². The van der Waals surface area contributed by atoms with Gasteiger partial charge in [-0.05, 0) is 55.8 Å². The van der Waals surface area contributed by atoms with E-state index in [1.807, 2.05) is 0 Å². The largest absolute Gasteiger partial charge is 0.102 e. The Labute approximate surface area is 106 Å². The molecule has 17 heavy (non-hydrogen) atoms. The molecule has 0 aromatic rings. The number of allylic oxidation sites excluding steroid dienone is 5. The summed E-state index contributed by atoms with van der Waals surface area (Å²) in [5, 5.41) is 0. The molecule has 0 radical (unpaired) electrons. The normalized spacial score (nSPS) is 37.0. The van der Waals surface area contributed by atoms with Crippen LogP contribution in [0.25, 0.3) is 0 Å². The first-order chi connectivity index (χ1) is 8.33. The molecule has 0 fully saturated rings. The van der Waals surface area contributed by atoms with Crippen molar-refractivity contribution >= 4 is 0 Å². The quantitative estimate of drug-likeness (QED) is 0.587. The van der Waals surface area contributed by atoms with Gasteiger partial charge >= 0.3 is 0 Å². The van der Waals surface area contributed by atoms with Crippen LogP contribution in [0, 0.1) is 23.7 Å². The van der Waals surface area contributed by atoms with Gasteiger partial charge in [0.2, 0.25) is 0 Å². The second kappa shape index (κ2) is 6.23. The van der Waals surface area contributed by atoms with E-state index in [1.54, 1.807) is 0 Å². The SMILES string of the molecule is C=CC1C=CC(C2C=CC(CCC)CC2)CC1. The fourth-order valence-electron chi connectivity index (χ4n) is 3.28. The number of hydrogen-bond acceptors (Lipinski definition) is 0. The average Bonchev–Trinajstić information content (AvgIpc) is 2.40. The van der Waals surface area contributed by atoms with E-state index in [1.165, 1.54) is 38.5 Å². The Hall–Kier alpha value is -0.780. The Kier molecular flexibility index (Phi) is 4.65. The Morgan fingerprint density at radius 3 is 2.18 bits per heavy atom. The van der Waals surface area contributed by atoms with Gasteiger partial charge in [-0.3, -0.25) is 0 Å². The van der Waals surface area contributed by atoms with Gasteiger partial charge in [0.25, 0.3) is 0 Å². The first-order valence-corrected chi connectivity index (χ1v) is 7.32. The molecule has 4 atom stereocenters. The lowest BCUT2D eigenvalue weighted by Crippen LogP contribution is -2.19. The Morgan fingerprint density at radius 1 is 1.00 bits per heavy atom. The van der Waals surface area contributed by atoms with E-state index in [4.69, 9.17) is 0 Å². The molecular weight excluding hydrogens is 204 g/mol. The lowest BCUT2D eigenvalue weighted by molar-refractivity contribution is 0.337. The van der Waals surface area contributed by atoms with Crippen molar-refractivity contribution in [1.29, 1.82) is 0 Å². The third kappa shape index (κ3) is 3.34. The molecule has 2 aliphatic rings. The van der Waals surface area contributed by atoms with Gasteiger partial charge < -0.3 is 0 Å². The van der Waals surface area contributed by atoms with Crippen molar-refractivity contribution in [2.45, 2.75) is 45.4 Å². The van der Waals surface area contributed by atoms with Crippen LogP contribution in [0.15, 0.2) is 37.0 Å². The van der Waals surface area contributed by atoms with Crippen molar-refractivity contribution in [3.63, 3.8) is 0 Å². The molecule has 0 nitrogen and oxygen atoms in total. The number of rotatable bonds is 4. The van der Waals surface area contributed by atoms with E-state index in [2.05, 4.69) is 43.9 Å². The monoisotopic (exact) mass is 230 g/mol. The van der Waals surface area contributed by atoms with Crippen molar-refractivity contribution in [3.8, 4) is 0 Å². The third-order valence-electron chi connectivity index (χ3n) is 4.45. The van der Waals surface area contributed by atoms with Crippen LogP contribution in [0.4, 0.5) is 0 Å². The molecule has 0 aliphatic heterocycles. The molecule has 0 bridgehead atoms. The van der Waals surface area contributed by atoms with Crippen molar-refractivity contribution in [2.24, 2.45) is 23.7 Å². The maximum atomic E-state index is 3.89. The van der Waals surface area contributed by atoms with Gasteiger partial charge in [0.1, 0.15) is 0 Å². The standard InChI is InChI=1S/C17H26/c1-3-5-15-8-12-17(13-9-15)16-10-6-14(4-2)7-11-16/h4,6,8,10,12,14-17H,2-3,5,7,9,11,13H2,1H3. The number of hydrogen-bond donors (Lipinski definition) is 0. The van der Waals surface area contributed by atoms with Gasteiger partial charge in [0, 0.05) is 0 Å². The van der Waals surface area contributed by atoms with E-state index in [0.29, 0.717) is 5.92 Å². The second-order valence-corrected chi connectivity index (χ2v) is 5.70. The van der Waals surface area contributed by atoms with Gasteiger partial charge in [-0.2, -0.15) is 0 Å². The molecule has 0 aromatic heterocycles. The highest BCUT2D eigenvalue weighted by Crippen LogP contribution is 2.35. The summed E-state index contributed by atoms with van der Waals surface area (Å²) in [6.07, 6.45) is 20.1. The summed E-state index contributed by atoms with van der Waals surface area (Å²) in [7, 11) is 0. The Bertz CT molecular complexity index is 297. The zero-order chi connectivity index (χ0) is 12.1. The molecule has 94 valence electrons. The van der Waals surface area contributed by atoms with Gasteiger partial charge in [0.05, 0.1) is 0 Å². The predicted octanol–water partition coefficient (Wildman–Crippen LogP) is 5.14. The van der Waals surface area contributed by atoms with E-state index in [-0.39, 0.29) is 0 Å². The van der Waals surface area contributed by atoms with Crippen LogP contribution in [-0.4, -0.2) is 0 Å². The topological polar surface area (TPSA) is 0 Å². The summed E-state index contributed by atoms with van der Waals surface area (Å²) in [6, 6.07) is 0. The van der Waals surface area contributed by atoms with E-state index in [9.17, 15) is 0 Å². The maximum absolute atomic E-state index is 3.89. The van der Waals surface area contributed by atoms with Crippen LogP contribution in [0.3, 0.4) is 0 Å². The van der Waals surface area contributed by atoms with E-state index < -0.39 is 0 Å². The molecular formula is C17H26. The first-order valence-electron chi connectivity index (χ1n) is 7.32. The van der Waals surface area contributed by atoms with Crippen molar-refractivity contribution in [3.05, 3.63) is 37.0 Å². The molecule has 0 spiro atoms. The van der Waals surface area contributed by atoms with Crippen LogP contribution < -0.4 is 0 Å². The van der Waals surface area contributed by atoms with Gasteiger partial charge in [-0.25, -0.2) is 0 Å². The molecule has 0 saturated carbocycles. The minimum absolute atomic E-state index is 0.631. The molecule has 4 unspecified atom stereocenters. The third-order valence-corrected chi connectivity index (χ3v) is 4.45. The summed E-state index contributed by atoms with van der Waals surface area (Å²) in [4.78, 5) is 0. The van der Waals surface area contributed by atoms with Crippen LogP contribution in [0.5, 0.6) is 0 Å². The molecule has 2 rings (SSSR count). The van der Waals surface area contributed by atoms with Crippen molar-refractivity contribution < 1.29 is 0 Å². The smallest absolute Gasteiger partial charge is 0.00559 e. The van der Waals surface area contributed by atoms with Crippen LogP contribution in [-0.2, 0) is 0 Å². The molecule has 0 amide bonds. The Morgan fingerprint density at radius 2 is 1.71 bits per heavy atom. The maximum Gasteiger partial charge on any atom is -0.00559 e. The van der Waals surface area contributed by atoms with Gasteiger partial charge in [0.15, 0.2) is 0 Å². The second-order valence-electron chi connectivity index (χ2n) is 5.70. The van der Waals surface area contributed by atoms with Crippen molar-refractivity contribution in [2.75, 3.05) is 0 Å². The average molecular weight is 230 g/mol. The van der Waals surface area contributed by atoms with Crippen LogP contribution in [0.2, 0.25) is 0 Å². The summed E-state index contributed by atoms with van der Waals surface area (Å²) in [5.41, 5.74) is 0. The summed E-state index contributed by atoms with van der Waals surface area (Å²) in [6.45, 7) is 6.18. The Balaban J connectivity index is 1.88. The lowest BCUT2D eigenvalue weighted by atomic mass is 9.75.